The van der Waals surface area contributed by atoms with Crippen molar-refractivity contribution in [3.8, 4) is 0 Å². The summed E-state index contributed by atoms with van der Waals surface area (Å²) in [6, 6.07) is 13.5. The van der Waals surface area contributed by atoms with Crippen molar-refractivity contribution in [3.05, 3.63) is 70.8 Å². The second-order valence-electron chi connectivity index (χ2n) is 14.9. The first-order chi connectivity index (χ1) is 27.3. The van der Waals surface area contributed by atoms with E-state index in [0.717, 1.165) is 77.0 Å². The monoisotopic (exact) mass is 781 g/mol. The van der Waals surface area contributed by atoms with Crippen molar-refractivity contribution in [2.45, 2.75) is 170 Å². The fourth-order valence-corrected chi connectivity index (χ4v) is 6.27. The van der Waals surface area contributed by atoms with Crippen LogP contribution in [0.25, 0.3) is 0 Å². The minimum Gasteiger partial charge on any atom is -0.462 e. The van der Waals surface area contributed by atoms with Crippen molar-refractivity contribution >= 4 is 23.9 Å². The Hall–Kier alpha value is -3.68. The molecule has 0 aliphatic rings. The molecule has 0 saturated heterocycles. The minimum atomic E-state index is -0.444. The highest BCUT2D eigenvalue weighted by Crippen LogP contribution is 2.19. The number of hydrogen-bond acceptors (Lipinski definition) is 8. The highest BCUT2D eigenvalue weighted by Gasteiger charge is 2.22. The third-order valence-electron chi connectivity index (χ3n) is 10.2. The van der Waals surface area contributed by atoms with Crippen LogP contribution in [0, 0.1) is 11.8 Å². The molecule has 0 heterocycles. The molecule has 2 rings (SSSR count). The van der Waals surface area contributed by atoms with Crippen molar-refractivity contribution in [1.29, 1.82) is 0 Å². The van der Waals surface area contributed by atoms with Crippen LogP contribution < -0.4 is 0 Å². The Balaban J connectivity index is 0.000000560. The summed E-state index contributed by atoms with van der Waals surface area (Å²) in [5.41, 5.74) is 1.17. The van der Waals surface area contributed by atoms with Gasteiger partial charge < -0.3 is 18.9 Å². The van der Waals surface area contributed by atoms with Gasteiger partial charge in [0.15, 0.2) is 0 Å². The van der Waals surface area contributed by atoms with Gasteiger partial charge in [0.1, 0.15) is 0 Å². The van der Waals surface area contributed by atoms with Gasteiger partial charge in [-0.05, 0) is 61.8 Å². The summed E-state index contributed by atoms with van der Waals surface area (Å²) in [6.45, 7) is 14.5. The third-order valence-corrected chi connectivity index (χ3v) is 10.2. The molecule has 0 amide bonds. The molecule has 316 valence electrons. The Kier molecular flexibility index (Phi) is 30.1. The quantitative estimate of drug-likeness (QED) is 0.0438. The van der Waals surface area contributed by atoms with E-state index in [2.05, 4.69) is 41.5 Å². The summed E-state index contributed by atoms with van der Waals surface area (Å²) in [7, 11) is 0. The predicted molar refractivity (Wildman–Crippen MR) is 227 cm³/mol. The first-order valence-electron chi connectivity index (χ1n) is 22.1. The van der Waals surface area contributed by atoms with Crippen molar-refractivity contribution in [3.63, 3.8) is 0 Å². The number of ether oxygens (including phenoxy) is 4. The lowest BCUT2D eigenvalue weighted by atomic mass is 10.0. The summed E-state index contributed by atoms with van der Waals surface area (Å²) >= 11 is 0. The first-order valence-corrected chi connectivity index (χ1v) is 22.1. The van der Waals surface area contributed by atoms with E-state index in [-0.39, 0.29) is 0 Å². The van der Waals surface area contributed by atoms with Gasteiger partial charge in [0.2, 0.25) is 0 Å². The maximum Gasteiger partial charge on any atom is 0.339 e. The Labute approximate surface area is 340 Å². The highest BCUT2D eigenvalue weighted by molar-refractivity contribution is 6.03. The zero-order chi connectivity index (χ0) is 41.2. The standard InChI is InChI=1S/2C24H38O4/c1-5-9-13-19(7-3)17-27-23(25)21-15-11-12-16-22(21)24(26)28-18-20(8-4)14-10-6-2;1-3-5-7-9-11-15-19-27-23(25)21-17-13-14-18-22(21)24(26)28-20-16-12-10-8-6-4-2/h11-12,15-16,19-20H,5-10,13-14,17-18H2,1-4H3;13-14,17-18H,3-12,15-16,19-20H2,1-2H3. The molecule has 56 heavy (non-hydrogen) atoms. The molecule has 0 bridgehead atoms. The van der Waals surface area contributed by atoms with Gasteiger partial charge in [0.25, 0.3) is 0 Å². The van der Waals surface area contributed by atoms with Gasteiger partial charge in [0, 0.05) is 0 Å². The summed E-state index contributed by atoms with van der Waals surface area (Å²) in [6.07, 6.45) is 22.2. The molecular formula is C48H76O8. The Morgan fingerprint density at radius 3 is 0.982 bits per heavy atom. The van der Waals surface area contributed by atoms with E-state index in [1.165, 1.54) is 51.4 Å². The van der Waals surface area contributed by atoms with E-state index in [1.54, 1.807) is 48.5 Å². The number of rotatable bonds is 30. The molecule has 2 aromatic rings. The van der Waals surface area contributed by atoms with E-state index in [9.17, 15) is 19.2 Å². The molecule has 0 N–H and O–H groups in total. The van der Waals surface area contributed by atoms with E-state index in [1.807, 2.05) is 0 Å². The van der Waals surface area contributed by atoms with Crippen molar-refractivity contribution in [2.24, 2.45) is 11.8 Å². The van der Waals surface area contributed by atoms with Crippen LogP contribution in [0.15, 0.2) is 48.5 Å². The predicted octanol–water partition coefficient (Wildman–Crippen LogP) is 13.2. The van der Waals surface area contributed by atoms with Crippen molar-refractivity contribution in [2.75, 3.05) is 26.4 Å². The second kappa shape index (κ2) is 33.5. The molecule has 0 spiro atoms. The van der Waals surface area contributed by atoms with E-state index < -0.39 is 23.9 Å². The van der Waals surface area contributed by atoms with Crippen LogP contribution >= 0.6 is 0 Å². The molecular weight excluding hydrogens is 705 g/mol. The maximum atomic E-state index is 12.6. The lowest BCUT2D eigenvalue weighted by Gasteiger charge is -2.17. The number of carbonyl (C=O) groups is 4. The van der Waals surface area contributed by atoms with Crippen LogP contribution in [-0.4, -0.2) is 50.3 Å². The van der Waals surface area contributed by atoms with Crippen molar-refractivity contribution in [1.82, 2.24) is 0 Å². The fourth-order valence-electron chi connectivity index (χ4n) is 6.27. The average Bonchev–Trinajstić information content (AvgIpc) is 3.23. The molecule has 8 heteroatoms. The molecule has 2 unspecified atom stereocenters. The summed E-state index contributed by atoms with van der Waals surface area (Å²) in [5, 5.41) is 0. The highest BCUT2D eigenvalue weighted by atomic mass is 16.5. The van der Waals surface area contributed by atoms with Gasteiger partial charge in [-0.25, -0.2) is 19.2 Å². The van der Waals surface area contributed by atoms with E-state index in [0.29, 0.717) is 60.5 Å². The number of benzene rings is 2. The number of carbonyl (C=O) groups excluding carboxylic acids is 4. The lowest BCUT2D eigenvalue weighted by molar-refractivity contribution is 0.0381. The molecule has 2 aromatic carbocycles. The normalized spacial score (nSPS) is 11.8. The van der Waals surface area contributed by atoms with Crippen molar-refractivity contribution < 1.29 is 38.1 Å². The summed E-state index contributed by atoms with van der Waals surface area (Å²) in [4.78, 5) is 49.8. The van der Waals surface area contributed by atoms with E-state index >= 15 is 0 Å². The Morgan fingerprint density at radius 2 is 0.679 bits per heavy atom. The van der Waals surface area contributed by atoms with Gasteiger partial charge >= 0.3 is 23.9 Å². The molecule has 0 radical (unpaired) electrons. The second-order valence-corrected chi connectivity index (χ2v) is 14.9. The lowest BCUT2D eigenvalue weighted by Crippen LogP contribution is -2.19. The fraction of sp³-hybridized carbons (Fsp3) is 0.667. The molecule has 0 aromatic heterocycles. The van der Waals surface area contributed by atoms with Gasteiger partial charge in [0.05, 0.1) is 48.7 Å². The van der Waals surface area contributed by atoms with Crippen LogP contribution in [0.1, 0.15) is 211 Å². The van der Waals surface area contributed by atoms with Crippen LogP contribution in [-0.2, 0) is 18.9 Å². The van der Waals surface area contributed by atoms with Crippen LogP contribution in [0.3, 0.4) is 0 Å². The maximum absolute atomic E-state index is 12.6. The third kappa shape index (κ3) is 22.2. The number of hydrogen-bond donors (Lipinski definition) is 0. The summed E-state index contributed by atoms with van der Waals surface area (Å²) < 4.78 is 21.8. The molecule has 0 aliphatic heterocycles. The minimum absolute atomic E-state index is 0.291. The first kappa shape index (κ1) is 50.3. The molecule has 2 atom stereocenters. The SMILES string of the molecule is CCCCC(CC)COC(=O)c1ccccc1C(=O)OCC(CC)CCCC.CCCCCCCCOC(=O)c1ccccc1C(=O)OCCCCCCCC. The number of unbranched alkanes of at least 4 members (excludes halogenated alkanes) is 12. The van der Waals surface area contributed by atoms with Gasteiger partial charge in [-0.3, -0.25) is 0 Å². The number of esters is 4. The van der Waals surface area contributed by atoms with Gasteiger partial charge in [-0.2, -0.15) is 0 Å². The Morgan fingerprint density at radius 1 is 0.393 bits per heavy atom. The zero-order valence-corrected chi connectivity index (χ0v) is 36.0. The van der Waals surface area contributed by atoms with Crippen LogP contribution in [0.4, 0.5) is 0 Å². The molecule has 0 aliphatic carbocycles. The molecule has 0 saturated carbocycles. The van der Waals surface area contributed by atoms with Gasteiger partial charge in [-0.1, -0.05) is 169 Å². The zero-order valence-electron chi connectivity index (χ0n) is 36.0. The largest absolute Gasteiger partial charge is 0.462 e. The molecule has 0 fully saturated rings. The topological polar surface area (TPSA) is 105 Å². The van der Waals surface area contributed by atoms with Crippen LogP contribution in [0.5, 0.6) is 0 Å². The molecule has 8 nitrogen and oxygen atoms in total. The van der Waals surface area contributed by atoms with Crippen LogP contribution in [0.2, 0.25) is 0 Å². The average molecular weight is 781 g/mol. The van der Waals surface area contributed by atoms with E-state index in [4.69, 9.17) is 18.9 Å². The summed E-state index contributed by atoms with van der Waals surface area (Å²) in [5.74, 6) is -1.04. The smallest absolute Gasteiger partial charge is 0.339 e. The van der Waals surface area contributed by atoms with Gasteiger partial charge in [-0.15, -0.1) is 0 Å². The Bertz CT molecular complexity index is 1240.